The van der Waals surface area contributed by atoms with Crippen LogP contribution in [0.3, 0.4) is 0 Å². The summed E-state index contributed by atoms with van der Waals surface area (Å²) in [6, 6.07) is 36.0. The second kappa shape index (κ2) is 25.5. The van der Waals surface area contributed by atoms with Crippen LogP contribution in [0.2, 0.25) is 0 Å². The Labute approximate surface area is 451 Å². The topological polar surface area (TPSA) is 116 Å². The van der Waals surface area contributed by atoms with Gasteiger partial charge in [-0.1, -0.05) is 36.5 Å². The van der Waals surface area contributed by atoms with Crippen LogP contribution in [-0.2, 0) is 17.1 Å². The molecule has 0 radical (unpaired) electrons. The summed E-state index contributed by atoms with van der Waals surface area (Å²) in [6.45, 7) is 6.16. The van der Waals surface area contributed by atoms with Crippen molar-refractivity contribution in [2.45, 2.75) is 20.8 Å². The summed E-state index contributed by atoms with van der Waals surface area (Å²) in [6.07, 6.45) is 34.0. The van der Waals surface area contributed by atoms with Crippen LogP contribution >= 0.6 is 15.6 Å². The molecule has 9 heterocycles. The number of halogens is 12. The van der Waals surface area contributed by atoms with Crippen molar-refractivity contribution in [3.05, 3.63) is 234 Å². The van der Waals surface area contributed by atoms with Gasteiger partial charge in [0.15, 0.2) is 0 Å². The molecule has 9 rings (SSSR count). The van der Waals surface area contributed by atoms with Crippen molar-refractivity contribution in [2.75, 3.05) is 0 Å². The first kappa shape index (κ1) is 62.6. The largest absolute Gasteiger partial charge is 2.00 e. The maximum absolute atomic E-state index is 10.7. The second-order valence-corrected chi connectivity index (χ2v) is 20.2. The third-order valence-electron chi connectivity index (χ3n) is 9.41. The Morgan fingerprint density at radius 3 is 0.628 bits per heavy atom. The zero-order valence-corrected chi connectivity index (χ0v) is 44.0. The third-order valence-corrected chi connectivity index (χ3v) is 9.41. The molecule has 0 unspecified atom stereocenters. The van der Waals surface area contributed by atoms with Crippen molar-refractivity contribution >= 4 is 52.1 Å². The molecule has 78 heavy (non-hydrogen) atoms. The Kier molecular flexibility index (Phi) is 20.5. The molecule has 0 aliphatic rings. The average molecular weight is 1170 g/mol. The molecule has 0 N–H and O–H groups in total. The third kappa shape index (κ3) is 28.9. The Morgan fingerprint density at radius 1 is 0.256 bits per heavy atom. The molecule has 408 valence electrons. The summed E-state index contributed by atoms with van der Waals surface area (Å²) < 4.78 is 118. The van der Waals surface area contributed by atoms with Gasteiger partial charge in [-0.25, -0.2) is 0 Å². The molecule has 0 bridgehead atoms. The number of nitrogens with zero attached hydrogens (tertiary/aromatic N) is 9. The van der Waals surface area contributed by atoms with Crippen LogP contribution in [0.5, 0.6) is 0 Å². The fourth-order valence-electron chi connectivity index (χ4n) is 6.10. The first-order valence-electron chi connectivity index (χ1n) is 22.4. The molecule has 0 fully saturated rings. The summed E-state index contributed by atoms with van der Waals surface area (Å²) in [4.78, 5) is 38.4. The van der Waals surface area contributed by atoms with E-state index in [-0.39, 0.29) is 17.1 Å². The summed E-state index contributed by atoms with van der Waals surface area (Å²) >= 11 is 0. The van der Waals surface area contributed by atoms with E-state index in [2.05, 4.69) is 102 Å². The van der Waals surface area contributed by atoms with Gasteiger partial charge in [0, 0.05) is 74.4 Å². The summed E-state index contributed by atoms with van der Waals surface area (Å²) in [5, 5.41) is 0. The Bertz CT molecular complexity index is 3090. The summed E-state index contributed by atoms with van der Waals surface area (Å²) in [5.41, 5.74) is 15.5. The van der Waals surface area contributed by atoms with Gasteiger partial charge < -0.3 is 0 Å². The van der Waals surface area contributed by atoms with Crippen LogP contribution in [0.15, 0.2) is 184 Å². The molecule has 9 nitrogen and oxygen atoms in total. The van der Waals surface area contributed by atoms with E-state index < -0.39 is 15.6 Å². The molecule has 9 aromatic heterocycles. The normalized spacial score (nSPS) is 13.0. The zero-order chi connectivity index (χ0) is 56.3. The van der Waals surface area contributed by atoms with Crippen LogP contribution < -0.4 is 0 Å². The predicted octanol–water partition coefficient (Wildman–Crippen LogP) is 18.8. The van der Waals surface area contributed by atoms with Crippen molar-refractivity contribution in [3.8, 4) is 34.2 Å². The second-order valence-electron chi connectivity index (χ2n) is 16.3. The van der Waals surface area contributed by atoms with Crippen LogP contribution in [0.4, 0.5) is 50.4 Å². The SMILES string of the molecule is Cc1ccnc(-c2cc(C=Cc3ccncc3)ccn2)c1.Cc1ccnc(-c2cc(C=Cc3ccncc3)ccn2)c1.Cc1ccnc(-c2cc(C=Cc3ccncc3)ccn2)c1.F[P-](F)(F)(F)(F)F.F[P-](F)(F)(F)(F)F.[Fe+2]. The standard InChI is InChI=1S/3C18H15N3.2F6P.Fe/c3*1-14-4-10-20-17(12-14)18-13-16(7-11-21-18)3-2-15-5-8-19-9-6-15;2*1-7(2,3,4,5)6;/h3*2-13H,1H3;;;/q;;;2*-1;+2. The summed E-state index contributed by atoms with van der Waals surface area (Å²) in [7, 11) is -21.3. The van der Waals surface area contributed by atoms with Crippen molar-refractivity contribution < 1.29 is 67.4 Å². The number of hydrogen-bond donors (Lipinski definition) is 0. The molecule has 0 amide bonds. The average Bonchev–Trinajstić information content (AvgIpc) is 3.38. The van der Waals surface area contributed by atoms with Gasteiger partial charge in [0.1, 0.15) is 0 Å². The van der Waals surface area contributed by atoms with E-state index in [1.165, 1.54) is 16.7 Å². The van der Waals surface area contributed by atoms with Crippen LogP contribution in [-0.4, -0.2) is 44.9 Å². The molecular weight excluding hydrogens is 1120 g/mol. The number of aromatic nitrogens is 9. The van der Waals surface area contributed by atoms with Crippen LogP contribution in [0.1, 0.15) is 50.1 Å². The van der Waals surface area contributed by atoms with Gasteiger partial charge in [0.2, 0.25) is 0 Å². The Hall–Kier alpha value is -7.89. The molecular formula is C54H45F12FeN9P2. The molecule has 0 aliphatic carbocycles. The van der Waals surface area contributed by atoms with Crippen molar-refractivity contribution in [3.63, 3.8) is 0 Å². The van der Waals surface area contributed by atoms with E-state index in [4.69, 9.17) is 0 Å². The number of aryl methyl sites for hydroxylation is 3. The molecule has 0 saturated carbocycles. The van der Waals surface area contributed by atoms with Crippen molar-refractivity contribution in [2.24, 2.45) is 0 Å². The van der Waals surface area contributed by atoms with Gasteiger partial charge in [-0.3, -0.25) is 44.9 Å². The molecule has 0 saturated heterocycles. The van der Waals surface area contributed by atoms with Gasteiger partial charge >= 0.3 is 83.0 Å². The van der Waals surface area contributed by atoms with Gasteiger partial charge in [-0.2, -0.15) is 0 Å². The van der Waals surface area contributed by atoms with E-state index in [1.54, 1.807) is 37.2 Å². The van der Waals surface area contributed by atoms with Crippen LogP contribution in [0, 0.1) is 20.8 Å². The first-order chi connectivity index (χ1) is 35.8. The Balaban J connectivity index is 0.000000223. The van der Waals surface area contributed by atoms with E-state index in [0.29, 0.717) is 0 Å². The maximum Gasteiger partial charge on any atom is 2.00 e. The van der Waals surface area contributed by atoms with Crippen LogP contribution in [0.25, 0.3) is 70.6 Å². The predicted molar refractivity (Wildman–Crippen MR) is 283 cm³/mol. The van der Waals surface area contributed by atoms with E-state index in [0.717, 1.165) is 67.5 Å². The fourth-order valence-corrected chi connectivity index (χ4v) is 6.10. The van der Waals surface area contributed by atoms with Crippen molar-refractivity contribution in [1.29, 1.82) is 0 Å². The molecule has 0 atom stereocenters. The molecule has 24 heteroatoms. The van der Waals surface area contributed by atoms with Crippen molar-refractivity contribution in [1.82, 2.24) is 44.9 Å². The number of pyridine rings is 9. The van der Waals surface area contributed by atoms with E-state index in [9.17, 15) is 50.4 Å². The first-order valence-corrected chi connectivity index (χ1v) is 26.4. The molecule has 0 spiro atoms. The zero-order valence-electron chi connectivity index (χ0n) is 41.1. The number of hydrogen-bond acceptors (Lipinski definition) is 9. The van der Waals surface area contributed by atoms with Gasteiger partial charge in [0.25, 0.3) is 0 Å². The Morgan fingerprint density at radius 2 is 0.423 bits per heavy atom. The quantitative estimate of drug-likeness (QED) is 0.0791. The molecule has 0 aliphatic heterocycles. The summed E-state index contributed by atoms with van der Waals surface area (Å²) in [5.74, 6) is 0. The van der Waals surface area contributed by atoms with Gasteiger partial charge in [-0.05, 0) is 180 Å². The molecule has 0 aromatic carbocycles. The number of rotatable bonds is 9. The minimum Gasteiger partial charge on any atom is 2.00 e. The monoisotopic (exact) mass is 1170 g/mol. The van der Waals surface area contributed by atoms with Gasteiger partial charge in [0.05, 0.1) is 34.2 Å². The smallest absolute Gasteiger partial charge is 2.00 e. The van der Waals surface area contributed by atoms with Gasteiger partial charge in [-0.15, -0.1) is 0 Å². The minimum atomic E-state index is -10.7. The van der Waals surface area contributed by atoms with E-state index in [1.807, 2.05) is 146 Å². The fraction of sp³-hybridized carbons (Fsp3) is 0.0556. The maximum atomic E-state index is 9.87. The van der Waals surface area contributed by atoms with E-state index >= 15 is 0 Å². The molecule has 9 aromatic rings. The minimum absolute atomic E-state index is 0.